The summed E-state index contributed by atoms with van der Waals surface area (Å²) in [5.41, 5.74) is 0.585. The number of hydrogen-bond donors (Lipinski definition) is 1. The van der Waals surface area contributed by atoms with Crippen molar-refractivity contribution in [2.24, 2.45) is 5.92 Å². The van der Waals surface area contributed by atoms with E-state index in [2.05, 4.69) is 11.9 Å². The number of hydrogen-bond acceptors (Lipinski definition) is 2. The number of alkyl halides is 3. The number of allylic oxidation sites excluding steroid dienone is 1. The molecule has 1 N–H and O–H groups in total. The predicted molar refractivity (Wildman–Crippen MR) is 77.7 cm³/mol. The number of rotatable bonds is 3. The maximum Gasteiger partial charge on any atom is 0.419 e. The molecule has 0 spiro atoms. The molecule has 1 fully saturated rings. The SMILES string of the molecule is C=C1CCC(C(=O)Nc2ccc(C(F)(F)F)c(OC)c2)CC1. The summed E-state index contributed by atoms with van der Waals surface area (Å²) in [5, 5.41) is 2.66. The highest BCUT2D eigenvalue weighted by Crippen LogP contribution is 2.37. The second-order valence-corrected chi connectivity index (χ2v) is 5.43. The molecule has 2 rings (SSSR count). The van der Waals surface area contributed by atoms with E-state index in [0.29, 0.717) is 5.69 Å². The number of amides is 1. The summed E-state index contributed by atoms with van der Waals surface area (Å²) < 4.78 is 43.1. The van der Waals surface area contributed by atoms with Gasteiger partial charge >= 0.3 is 6.18 Å². The first kappa shape index (κ1) is 16.4. The Kier molecular flexibility index (Phi) is 4.78. The van der Waals surface area contributed by atoms with Gasteiger partial charge in [-0.15, -0.1) is 0 Å². The first-order chi connectivity index (χ1) is 10.3. The first-order valence-corrected chi connectivity index (χ1v) is 7.04. The van der Waals surface area contributed by atoms with E-state index >= 15 is 0 Å². The lowest BCUT2D eigenvalue weighted by molar-refractivity contribution is -0.138. The van der Waals surface area contributed by atoms with E-state index in [4.69, 9.17) is 4.74 Å². The van der Waals surface area contributed by atoms with Crippen LogP contribution in [0, 0.1) is 5.92 Å². The lowest BCUT2D eigenvalue weighted by Crippen LogP contribution is -2.25. The Bertz CT molecular complexity index is 571. The molecule has 22 heavy (non-hydrogen) atoms. The molecular formula is C16H18F3NO2. The van der Waals surface area contributed by atoms with Crippen LogP contribution in [0.1, 0.15) is 31.2 Å². The van der Waals surface area contributed by atoms with Crippen LogP contribution < -0.4 is 10.1 Å². The molecule has 1 aromatic rings. The predicted octanol–water partition coefficient (Wildman–Crippen LogP) is 4.40. The number of benzene rings is 1. The van der Waals surface area contributed by atoms with Gasteiger partial charge in [-0.3, -0.25) is 4.79 Å². The topological polar surface area (TPSA) is 38.3 Å². The highest BCUT2D eigenvalue weighted by Gasteiger charge is 2.34. The van der Waals surface area contributed by atoms with Gasteiger partial charge in [0.05, 0.1) is 12.7 Å². The summed E-state index contributed by atoms with van der Waals surface area (Å²) in [6.45, 7) is 3.89. The molecule has 0 bridgehead atoms. The summed E-state index contributed by atoms with van der Waals surface area (Å²) in [5.74, 6) is -0.601. The van der Waals surface area contributed by atoms with Crippen LogP contribution in [0.2, 0.25) is 0 Å². The van der Waals surface area contributed by atoms with Crippen LogP contribution in [-0.2, 0) is 11.0 Å². The number of carbonyl (C=O) groups excluding carboxylic acids is 1. The highest BCUT2D eigenvalue weighted by atomic mass is 19.4. The Morgan fingerprint density at radius 1 is 1.32 bits per heavy atom. The molecule has 6 heteroatoms. The van der Waals surface area contributed by atoms with E-state index in [1.165, 1.54) is 19.2 Å². The molecule has 120 valence electrons. The largest absolute Gasteiger partial charge is 0.496 e. The summed E-state index contributed by atoms with van der Waals surface area (Å²) in [4.78, 5) is 12.2. The standard InChI is InChI=1S/C16H18F3NO2/c1-10-3-5-11(6-4-10)15(21)20-12-7-8-13(16(17,18)19)14(9-12)22-2/h7-9,11H,1,3-6H2,2H3,(H,20,21). The molecule has 0 radical (unpaired) electrons. The van der Waals surface area contributed by atoms with Gasteiger partial charge in [-0.05, 0) is 37.8 Å². The number of halogens is 3. The van der Waals surface area contributed by atoms with Crippen LogP contribution in [0.3, 0.4) is 0 Å². The lowest BCUT2D eigenvalue weighted by atomic mass is 9.86. The minimum absolute atomic E-state index is 0.126. The van der Waals surface area contributed by atoms with E-state index in [1.54, 1.807) is 0 Å². The molecule has 1 aliphatic rings. The van der Waals surface area contributed by atoms with Gasteiger partial charge in [-0.2, -0.15) is 13.2 Å². The van der Waals surface area contributed by atoms with Crippen LogP contribution in [0.4, 0.5) is 18.9 Å². The van der Waals surface area contributed by atoms with Crippen molar-refractivity contribution in [1.29, 1.82) is 0 Å². The molecular weight excluding hydrogens is 295 g/mol. The third kappa shape index (κ3) is 3.81. The zero-order valence-corrected chi connectivity index (χ0v) is 12.3. The Morgan fingerprint density at radius 3 is 2.50 bits per heavy atom. The average molecular weight is 313 g/mol. The van der Waals surface area contributed by atoms with Crippen molar-refractivity contribution in [3.63, 3.8) is 0 Å². The Hall–Kier alpha value is -1.98. The molecule has 0 saturated heterocycles. The Morgan fingerprint density at radius 2 is 1.95 bits per heavy atom. The zero-order valence-electron chi connectivity index (χ0n) is 12.3. The fourth-order valence-electron chi connectivity index (χ4n) is 2.54. The van der Waals surface area contributed by atoms with Gasteiger partial charge in [0.15, 0.2) is 0 Å². The third-order valence-corrected chi connectivity index (χ3v) is 3.84. The van der Waals surface area contributed by atoms with E-state index in [-0.39, 0.29) is 17.6 Å². The fraction of sp³-hybridized carbons (Fsp3) is 0.438. The quantitative estimate of drug-likeness (QED) is 0.840. The summed E-state index contributed by atoms with van der Waals surface area (Å²) >= 11 is 0. The van der Waals surface area contributed by atoms with Crippen molar-refractivity contribution in [3.05, 3.63) is 35.9 Å². The Labute approximate surface area is 127 Å². The van der Waals surface area contributed by atoms with Crippen LogP contribution in [0.15, 0.2) is 30.4 Å². The number of anilines is 1. The molecule has 0 aliphatic heterocycles. The molecule has 1 aliphatic carbocycles. The highest BCUT2D eigenvalue weighted by molar-refractivity contribution is 5.92. The van der Waals surface area contributed by atoms with E-state index in [1.807, 2.05) is 0 Å². The minimum atomic E-state index is -4.49. The van der Waals surface area contributed by atoms with Crippen molar-refractivity contribution in [2.45, 2.75) is 31.9 Å². The summed E-state index contributed by atoms with van der Waals surface area (Å²) in [7, 11) is 1.17. The van der Waals surface area contributed by atoms with Crippen molar-refractivity contribution >= 4 is 11.6 Å². The normalized spacial score (nSPS) is 16.5. The van der Waals surface area contributed by atoms with E-state index in [0.717, 1.165) is 37.3 Å². The van der Waals surface area contributed by atoms with Gasteiger partial charge in [-0.1, -0.05) is 12.2 Å². The Balaban J connectivity index is 2.10. The minimum Gasteiger partial charge on any atom is -0.496 e. The van der Waals surface area contributed by atoms with Crippen molar-refractivity contribution in [1.82, 2.24) is 0 Å². The zero-order chi connectivity index (χ0) is 16.3. The van der Waals surface area contributed by atoms with Gasteiger partial charge < -0.3 is 10.1 Å². The molecule has 0 heterocycles. The van der Waals surface area contributed by atoms with Crippen LogP contribution in [0.25, 0.3) is 0 Å². The molecule has 1 saturated carbocycles. The second-order valence-electron chi connectivity index (χ2n) is 5.43. The first-order valence-electron chi connectivity index (χ1n) is 7.04. The number of nitrogens with one attached hydrogen (secondary N) is 1. The van der Waals surface area contributed by atoms with Gasteiger partial charge in [0.1, 0.15) is 5.75 Å². The van der Waals surface area contributed by atoms with Crippen molar-refractivity contribution in [2.75, 3.05) is 12.4 Å². The van der Waals surface area contributed by atoms with E-state index < -0.39 is 11.7 Å². The van der Waals surface area contributed by atoms with Gasteiger partial charge in [0, 0.05) is 17.7 Å². The molecule has 1 amide bonds. The van der Waals surface area contributed by atoms with E-state index in [9.17, 15) is 18.0 Å². The molecule has 3 nitrogen and oxygen atoms in total. The number of ether oxygens (including phenoxy) is 1. The monoisotopic (exact) mass is 313 g/mol. The molecule has 0 aromatic heterocycles. The van der Waals surface area contributed by atoms with Gasteiger partial charge in [-0.25, -0.2) is 0 Å². The smallest absolute Gasteiger partial charge is 0.419 e. The van der Waals surface area contributed by atoms with Crippen LogP contribution >= 0.6 is 0 Å². The van der Waals surface area contributed by atoms with Crippen LogP contribution in [-0.4, -0.2) is 13.0 Å². The molecule has 0 unspecified atom stereocenters. The van der Waals surface area contributed by atoms with Gasteiger partial charge in [0.25, 0.3) is 0 Å². The van der Waals surface area contributed by atoms with Gasteiger partial charge in [0.2, 0.25) is 5.91 Å². The lowest BCUT2D eigenvalue weighted by Gasteiger charge is -2.22. The summed E-state index contributed by atoms with van der Waals surface area (Å²) in [6.07, 6.45) is -1.41. The molecule has 0 atom stereocenters. The maximum absolute atomic E-state index is 12.8. The van der Waals surface area contributed by atoms with Crippen LogP contribution in [0.5, 0.6) is 5.75 Å². The maximum atomic E-state index is 12.8. The third-order valence-electron chi connectivity index (χ3n) is 3.84. The van der Waals surface area contributed by atoms with Crippen molar-refractivity contribution < 1.29 is 22.7 Å². The fourth-order valence-corrected chi connectivity index (χ4v) is 2.54. The number of carbonyl (C=O) groups is 1. The average Bonchev–Trinajstić information content (AvgIpc) is 2.46. The number of methoxy groups -OCH3 is 1. The second kappa shape index (κ2) is 6.42. The van der Waals surface area contributed by atoms with Crippen molar-refractivity contribution in [3.8, 4) is 5.75 Å². The molecule has 1 aromatic carbocycles. The summed E-state index contributed by atoms with van der Waals surface area (Å²) in [6, 6.07) is 3.35.